The van der Waals surface area contributed by atoms with Gasteiger partial charge in [-0.05, 0) is 24.5 Å². The number of nitrogen functional groups attached to an aromatic ring is 1. The number of nitro benzene ring substituents is 1. The molecule has 2 rings (SSSR count). The van der Waals surface area contributed by atoms with Crippen LogP contribution in [-0.4, -0.2) is 19.9 Å². The molecule has 1 aliphatic rings. The maximum absolute atomic E-state index is 12.1. The molecule has 0 aliphatic heterocycles. The number of nitrogens with zero attached hydrogens (tertiary/aromatic N) is 1. The van der Waals surface area contributed by atoms with Crippen LogP contribution < -0.4 is 10.5 Å². The summed E-state index contributed by atoms with van der Waals surface area (Å²) in [6.45, 7) is 0.291. The molecule has 0 atom stereocenters. The van der Waals surface area contributed by atoms with Crippen LogP contribution in [0.25, 0.3) is 0 Å². The number of hydrogen-bond acceptors (Lipinski definition) is 5. The summed E-state index contributed by atoms with van der Waals surface area (Å²) in [4.78, 5) is 9.81. The van der Waals surface area contributed by atoms with Gasteiger partial charge in [-0.3, -0.25) is 10.1 Å². The number of anilines is 1. The summed E-state index contributed by atoms with van der Waals surface area (Å²) in [6, 6.07) is 3.90. The second kappa shape index (κ2) is 5.76. The Morgan fingerprint density at radius 2 is 2.10 bits per heavy atom. The van der Waals surface area contributed by atoms with Crippen molar-refractivity contribution in [2.24, 2.45) is 5.92 Å². The van der Waals surface area contributed by atoms with E-state index in [4.69, 9.17) is 5.73 Å². The lowest BCUT2D eigenvalue weighted by atomic mass is 9.83. The lowest BCUT2D eigenvalue weighted by molar-refractivity contribution is -0.386. The van der Waals surface area contributed by atoms with Crippen LogP contribution in [0.1, 0.15) is 25.7 Å². The van der Waals surface area contributed by atoms with Gasteiger partial charge in [0.25, 0.3) is 0 Å². The Hall–Kier alpha value is -1.67. The van der Waals surface area contributed by atoms with Crippen LogP contribution in [0, 0.1) is 16.0 Å². The molecule has 3 N–H and O–H groups in total. The molecule has 1 saturated carbocycles. The van der Waals surface area contributed by atoms with Gasteiger partial charge in [0, 0.05) is 6.54 Å². The first-order valence-electron chi connectivity index (χ1n) is 6.44. The predicted molar refractivity (Wildman–Crippen MR) is 74.7 cm³/mol. The zero-order chi connectivity index (χ0) is 14.8. The summed E-state index contributed by atoms with van der Waals surface area (Å²) in [5.74, 6) is 0.563. The molecule has 0 heterocycles. The van der Waals surface area contributed by atoms with Crippen LogP contribution in [0.15, 0.2) is 23.1 Å². The number of hydrogen-bond donors (Lipinski definition) is 2. The van der Waals surface area contributed by atoms with Crippen LogP contribution in [-0.2, 0) is 10.0 Å². The molecule has 0 spiro atoms. The molecule has 20 heavy (non-hydrogen) atoms. The molecule has 1 aliphatic carbocycles. The maximum atomic E-state index is 12.1. The Morgan fingerprint density at radius 3 is 2.65 bits per heavy atom. The quantitative estimate of drug-likeness (QED) is 0.470. The zero-order valence-electron chi connectivity index (χ0n) is 10.9. The van der Waals surface area contributed by atoms with Crippen molar-refractivity contribution in [1.29, 1.82) is 0 Å². The lowest BCUT2D eigenvalue weighted by Gasteiger charge is -2.25. The average molecular weight is 299 g/mol. The van der Waals surface area contributed by atoms with Crippen molar-refractivity contribution in [3.63, 3.8) is 0 Å². The van der Waals surface area contributed by atoms with E-state index in [1.165, 1.54) is 24.6 Å². The lowest BCUT2D eigenvalue weighted by Crippen LogP contribution is -2.28. The predicted octanol–water partition coefficient (Wildman–Crippen LogP) is 1.65. The molecular weight excluding hydrogens is 282 g/mol. The van der Waals surface area contributed by atoms with E-state index in [0.717, 1.165) is 19.3 Å². The van der Waals surface area contributed by atoms with Gasteiger partial charge in [0.1, 0.15) is 5.69 Å². The fourth-order valence-electron chi connectivity index (χ4n) is 2.21. The Balaban J connectivity index is 2.16. The van der Waals surface area contributed by atoms with E-state index < -0.39 is 20.6 Å². The largest absolute Gasteiger partial charge is 0.393 e. The summed E-state index contributed by atoms with van der Waals surface area (Å²) in [6.07, 6.45) is 4.20. The number of para-hydroxylation sites is 1. The minimum atomic E-state index is -3.91. The van der Waals surface area contributed by atoms with Crippen molar-refractivity contribution in [3.8, 4) is 0 Å². The number of nitro groups is 1. The van der Waals surface area contributed by atoms with Gasteiger partial charge in [0.2, 0.25) is 10.0 Å². The number of rotatable bonds is 6. The highest BCUT2D eigenvalue weighted by Crippen LogP contribution is 2.31. The van der Waals surface area contributed by atoms with Crippen molar-refractivity contribution in [1.82, 2.24) is 4.72 Å². The Bertz CT molecular complexity index is 611. The number of benzene rings is 1. The second-order valence-electron chi connectivity index (χ2n) is 4.93. The SMILES string of the molecule is Nc1cccc(S(=O)(=O)NCCC2CCC2)c1[N+](=O)[O-]. The summed E-state index contributed by atoms with van der Waals surface area (Å²) in [5.41, 5.74) is 4.77. The van der Waals surface area contributed by atoms with E-state index in [9.17, 15) is 18.5 Å². The van der Waals surface area contributed by atoms with Crippen molar-refractivity contribution in [2.45, 2.75) is 30.6 Å². The summed E-state index contributed by atoms with van der Waals surface area (Å²) < 4.78 is 26.7. The molecule has 1 fully saturated rings. The molecule has 0 amide bonds. The van der Waals surface area contributed by atoms with Gasteiger partial charge in [-0.1, -0.05) is 25.3 Å². The zero-order valence-corrected chi connectivity index (χ0v) is 11.7. The smallest absolute Gasteiger partial charge is 0.312 e. The number of sulfonamides is 1. The number of nitrogens with one attached hydrogen (secondary N) is 1. The third kappa shape index (κ3) is 3.07. The molecule has 8 heteroatoms. The summed E-state index contributed by atoms with van der Waals surface area (Å²) in [5, 5.41) is 11.0. The monoisotopic (exact) mass is 299 g/mol. The highest BCUT2D eigenvalue weighted by atomic mass is 32.2. The highest BCUT2D eigenvalue weighted by Gasteiger charge is 2.28. The van der Waals surface area contributed by atoms with Crippen molar-refractivity contribution in [3.05, 3.63) is 28.3 Å². The Morgan fingerprint density at radius 1 is 1.40 bits per heavy atom. The molecule has 0 bridgehead atoms. The van der Waals surface area contributed by atoms with E-state index in [1.54, 1.807) is 0 Å². The molecule has 1 aromatic carbocycles. The summed E-state index contributed by atoms with van der Waals surface area (Å²) in [7, 11) is -3.91. The van der Waals surface area contributed by atoms with Crippen LogP contribution >= 0.6 is 0 Å². The topological polar surface area (TPSA) is 115 Å². The minimum absolute atomic E-state index is 0.156. The Kier molecular flexibility index (Phi) is 4.24. The Labute approximate surface area is 117 Å². The van der Waals surface area contributed by atoms with Gasteiger partial charge in [-0.25, -0.2) is 13.1 Å². The first-order valence-corrected chi connectivity index (χ1v) is 7.92. The molecule has 7 nitrogen and oxygen atoms in total. The van der Waals surface area contributed by atoms with Crippen LogP contribution in [0.3, 0.4) is 0 Å². The van der Waals surface area contributed by atoms with Gasteiger partial charge in [0.15, 0.2) is 4.90 Å². The molecule has 0 saturated heterocycles. The fraction of sp³-hybridized carbons (Fsp3) is 0.500. The van der Waals surface area contributed by atoms with Crippen LogP contribution in [0.5, 0.6) is 0 Å². The summed E-state index contributed by atoms with van der Waals surface area (Å²) >= 11 is 0. The van der Waals surface area contributed by atoms with Gasteiger partial charge >= 0.3 is 5.69 Å². The van der Waals surface area contributed by atoms with Crippen molar-refractivity contribution < 1.29 is 13.3 Å². The molecular formula is C12H17N3O4S. The van der Waals surface area contributed by atoms with Crippen molar-refractivity contribution in [2.75, 3.05) is 12.3 Å². The van der Waals surface area contributed by atoms with E-state index in [0.29, 0.717) is 12.5 Å². The van der Waals surface area contributed by atoms with Gasteiger partial charge in [0.05, 0.1) is 4.92 Å². The molecule has 1 aromatic rings. The standard InChI is InChI=1S/C12H17N3O4S/c13-10-5-2-6-11(12(10)15(16)17)20(18,19)14-8-7-9-3-1-4-9/h2,5-6,9,14H,1,3-4,7-8,13H2. The van der Waals surface area contributed by atoms with Gasteiger partial charge in [-0.2, -0.15) is 0 Å². The van der Waals surface area contributed by atoms with E-state index in [1.807, 2.05) is 0 Å². The second-order valence-corrected chi connectivity index (χ2v) is 6.67. The molecule has 0 radical (unpaired) electrons. The first kappa shape index (κ1) is 14.7. The average Bonchev–Trinajstić information content (AvgIpc) is 2.31. The van der Waals surface area contributed by atoms with Crippen LogP contribution in [0.4, 0.5) is 11.4 Å². The molecule has 110 valence electrons. The molecule has 0 unspecified atom stereocenters. The molecule has 0 aromatic heterocycles. The van der Waals surface area contributed by atoms with Gasteiger partial charge in [-0.15, -0.1) is 0 Å². The highest BCUT2D eigenvalue weighted by molar-refractivity contribution is 7.89. The van der Waals surface area contributed by atoms with Crippen molar-refractivity contribution >= 4 is 21.4 Å². The minimum Gasteiger partial charge on any atom is -0.393 e. The van der Waals surface area contributed by atoms with Crippen LogP contribution in [0.2, 0.25) is 0 Å². The third-order valence-electron chi connectivity index (χ3n) is 3.57. The van der Waals surface area contributed by atoms with E-state index >= 15 is 0 Å². The fourth-order valence-corrected chi connectivity index (χ4v) is 3.45. The number of nitrogens with two attached hydrogens (primary N) is 1. The maximum Gasteiger partial charge on any atom is 0.312 e. The first-order chi connectivity index (χ1) is 9.42. The van der Waals surface area contributed by atoms with E-state index in [2.05, 4.69) is 4.72 Å². The third-order valence-corrected chi connectivity index (χ3v) is 5.06. The van der Waals surface area contributed by atoms with E-state index in [-0.39, 0.29) is 10.6 Å². The normalized spacial score (nSPS) is 15.8. The van der Waals surface area contributed by atoms with Gasteiger partial charge < -0.3 is 5.73 Å².